The van der Waals surface area contributed by atoms with E-state index >= 15 is 0 Å². The normalized spacial score (nSPS) is 11.6. The van der Waals surface area contributed by atoms with Crippen LogP contribution in [-0.2, 0) is 12.6 Å². The number of alkyl halides is 3. The second-order valence-corrected chi connectivity index (χ2v) is 4.63. The van der Waals surface area contributed by atoms with Gasteiger partial charge in [-0.2, -0.15) is 13.2 Å². The fourth-order valence-corrected chi connectivity index (χ4v) is 2.14. The van der Waals surface area contributed by atoms with Crippen LogP contribution in [0.3, 0.4) is 0 Å². The van der Waals surface area contributed by atoms with E-state index in [1.807, 2.05) is 12.1 Å². The third-order valence-electron chi connectivity index (χ3n) is 3.17. The summed E-state index contributed by atoms with van der Waals surface area (Å²) < 4.78 is 38.9. The highest BCUT2D eigenvalue weighted by Gasteiger charge is 2.33. The van der Waals surface area contributed by atoms with Gasteiger partial charge in [0.05, 0.1) is 5.56 Å². The first-order valence-electron chi connectivity index (χ1n) is 6.48. The summed E-state index contributed by atoms with van der Waals surface area (Å²) in [5.41, 5.74) is 6.72. The van der Waals surface area contributed by atoms with Crippen molar-refractivity contribution in [3.05, 3.63) is 59.7 Å². The summed E-state index contributed by atoms with van der Waals surface area (Å²) in [5, 5.41) is 0. The molecule has 0 aromatic heterocycles. The Kier molecular flexibility index (Phi) is 4.45. The molecule has 0 heterocycles. The van der Waals surface area contributed by atoms with Crippen LogP contribution in [0.25, 0.3) is 11.1 Å². The molecule has 0 aliphatic carbocycles. The van der Waals surface area contributed by atoms with E-state index in [0.717, 1.165) is 24.5 Å². The second-order valence-electron chi connectivity index (χ2n) is 4.63. The Hall–Kier alpha value is -1.81. The molecular weight excluding hydrogens is 263 g/mol. The topological polar surface area (TPSA) is 26.0 Å². The van der Waals surface area contributed by atoms with Crippen molar-refractivity contribution in [2.75, 3.05) is 6.54 Å². The summed E-state index contributed by atoms with van der Waals surface area (Å²) in [6, 6.07) is 12.8. The monoisotopic (exact) mass is 279 g/mol. The number of aryl methyl sites for hydroxylation is 1. The van der Waals surface area contributed by atoms with Gasteiger partial charge in [-0.25, -0.2) is 0 Å². The van der Waals surface area contributed by atoms with Crippen LogP contribution in [0.4, 0.5) is 13.2 Å². The number of rotatable bonds is 4. The van der Waals surface area contributed by atoms with Crippen molar-refractivity contribution < 1.29 is 13.2 Å². The van der Waals surface area contributed by atoms with Gasteiger partial charge in [0.1, 0.15) is 0 Å². The molecular formula is C16H16F3N. The van der Waals surface area contributed by atoms with Crippen LogP contribution >= 0.6 is 0 Å². The Balaban J connectivity index is 2.33. The number of halogens is 3. The summed E-state index contributed by atoms with van der Waals surface area (Å²) >= 11 is 0. The van der Waals surface area contributed by atoms with Crippen LogP contribution in [0.15, 0.2) is 48.5 Å². The number of nitrogens with two attached hydrogens (primary N) is 1. The molecule has 0 saturated heterocycles. The minimum absolute atomic E-state index is 0.213. The quantitative estimate of drug-likeness (QED) is 0.889. The van der Waals surface area contributed by atoms with Gasteiger partial charge in [-0.3, -0.25) is 0 Å². The van der Waals surface area contributed by atoms with Gasteiger partial charge in [0.2, 0.25) is 0 Å². The third kappa shape index (κ3) is 3.39. The van der Waals surface area contributed by atoms with E-state index < -0.39 is 11.7 Å². The van der Waals surface area contributed by atoms with Gasteiger partial charge < -0.3 is 5.73 Å². The molecule has 2 N–H and O–H groups in total. The SMILES string of the molecule is NCCCc1ccc(-c2ccccc2C(F)(F)F)cc1. The molecule has 0 fully saturated rings. The van der Waals surface area contributed by atoms with E-state index in [9.17, 15) is 13.2 Å². The Morgan fingerprint density at radius 3 is 2.15 bits per heavy atom. The molecule has 20 heavy (non-hydrogen) atoms. The number of hydrogen-bond donors (Lipinski definition) is 1. The van der Waals surface area contributed by atoms with Gasteiger partial charge in [-0.15, -0.1) is 0 Å². The highest BCUT2D eigenvalue weighted by Crippen LogP contribution is 2.36. The molecule has 0 aliphatic rings. The zero-order chi connectivity index (χ0) is 14.6. The van der Waals surface area contributed by atoms with E-state index in [4.69, 9.17) is 5.73 Å². The molecule has 0 amide bonds. The van der Waals surface area contributed by atoms with Crippen LogP contribution in [0.2, 0.25) is 0 Å². The van der Waals surface area contributed by atoms with E-state index in [1.165, 1.54) is 12.1 Å². The van der Waals surface area contributed by atoms with Gasteiger partial charge in [0.15, 0.2) is 0 Å². The maximum absolute atomic E-state index is 13.0. The molecule has 1 nitrogen and oxygen atoms in total. The minimum atomic E-state index is -4.34. The summed E-state index contributed by atoms with van der Waals surface area (Å²) in [4.78, 5) is 0. The second kappa shape index (κ2) is 6.09. The molecule has 0 unspecified atom stereocenters. The predicted octanol–water partition coefficient (Wildman–Crippen LogP) is 4.26. The fraction of sp³-hybridized carbons (Fsp3) is 0.250. The summed E-state index contributed by atoms with van der Waals surface area (Å²) in [7, 11) is 0. The van der Waals surface area contributed by atoms with Gasteiger partial charge in [0.25, 0.3) is 0 Å². The molecule has 0 atom stereocenters. The van der Waals surface area contributed by atoms with Crippen molar-refractivity contribution in [2.24, 2.45) is 5.73 Å². The van der Waals surface area contributed by atoms with Gasteiger partial charge >= 0.3 is 6.18 Å². The zero-order valence-electron chi connectivity index (χ0n) is 11.0. The molecule has 2 rings (SSSR count). The summed E-state index contributed by atoms with van der Waals surface area (Å²) in [6.07, 6.45) is -2.62. The van der Waals surface area contributed by atoms with Crippen LogP contribution < -0.4 is 5.73 Å². The first-order valence-corrected chi connectivity index (χ1v) is 6.48. The lowest BCUT2D eigenvalue weighted by molar-refractivity contribution is -0.137. The van der Waals surface area contributed by atoms with E-state index in [0.29, 0.717) is 12.1 Å². The van der Waals surface area contributed by atoms with Gasteiger partial charge in [0, 0.05) is 0 Å². The van der Waals surface area contributed by atoms with Crippen molar-refractivity contribution in [1.29, 1.82) is 0 Å². The smallest absolute Gasteiger partial charge is 0.330 e. The van der Waals surface area contributed by atoms with Crippen LogP contribution in [0.1, 0.15) is 17.5 Å². The van der Waals surface area contributed by atoms with Crippen molar-refractivity contribution in [2.45, 2.75) is 19.0 Å². The maximum atomic E-state index is 13.0. The Labute approximate surface area is 116 Å². The Bertz CT molecular complexity index is 559. The standard InChI is InChI=1S/C16H16F3N/c17-16(18,19)15-6-2-1-5-14(15)13-9-7-12(8-10-13)4-3-11-20/h1-2,5-10H,3-4,11,20H2. The molecule has 0 saturated carbocycles. The van der Waals surface area contributed by atoms with Gasteiger partial charge in [-0.05, 0) is 42.1 Å². The van der Waals surface area contributed by atoms with Crippen LogP contribution in [0, 0.1) is 0 Å². The molecule has 0 radical (unpaired) electrons. The van der Waals surface area contributed by atoms with Crippen molar-refractivity contribution in [3.8, 4) is 11.1 Å². The van der Waals surface area contributed by atoms with Gasteiger partial charge in [-0.1, -0.05) is 42.5 Å². The first-order chi connectivity index (χ1) is 9.52. The lowest BCUT2D eigenvalue weighted by Crippen LogP contribution is -2.06. The average Bonchev–Trinajstić information content (AvgIpc) is 2.45. The lowest BCUT2D eigenvalue weighted by Gasteiger charge is -2.13. The molecule has 4 heteroatoms. The molecule has 0 aliphatic heterocycles. The average molecular weight is 279 g/mol. The molecule has 106 valence electrons. The lowest BCUT2D eigenvalue weighted by atomic mass is 9.97. The molecule has 0 bridgehead atoms. The van der Waals surface area contributed by atoms with Crippen molar-refractivity contribution in [1.82, 2.24) is 0 Å². The van der Waals surface area contributed by atoms with Crippen LogP contribution in [-0.4, -0.2) is 6.54 Å². The van der Waals surface area contributed by atoms with Crippen molar-refractivity contribution >= 4 is 0 Å². The van der Waals surface area contributed by atoms with E-state index in [-0.39, 0.29) is 5.56 Å². The highest BCUT2D eigenvalue weighted by molar-refractivity contribution is 5.68. The largest absolute Gasteiger partial charge is 0.417 e. The first kappa shape index (κ1) is 14.6. The predicted molar refractivity (Wildman–Crippen MR) is 74.3 cm³/mol. The zero-order valence-corrected chi connectivity index (χ0v) is 11.0. The Morgan fingerprint density at radius 1 is 0.900 bits per heavy atom. The van der Waals surface area contributed by atoms with Crippen LogP contribution in [0.5, 0.6) is 0 Å². The molecule has 2 aromatic carbocycles. The maximum Gasteiger partial charge on any atom is 0.417 e. The molecule has 0 spiro atoms. The van der Waals surface area contributed by atoms with E-state index in [1.54, 1.807) is 18.2 Å². The minimum Gasteiger partial charge on any atom is -0.330 e. The number of hydrogen-bond acceptors (Lipinski definition) is 1. The summed E-state index contributed by atoms with van der Waals surface area (Å²) in [6.45, 7) is 0.610. The fourth-order valence-electron chi connectivity index (χ4n) is 2.14. The Morgan fingerprint density at radius 2 is 1.55 bits per heavy atom. The third-order valence-corrected chi connectivity index (χ3v) is 3.17. The highest BCUT2D eigenvalue weighted by atomic mass is 19.4. The number of benzene rings is 2. The van der Waals surface area contributed by atoms with Crippen molar-refractivity contribution in [3.63, 3.8) is 0 Å². The summed E-state index contributed by atoms with van der Waals surface area (Å²) in [5.74, 6) is 0. The van der Waals surface area contributed by atoms with E-state index in [2.05, 4.69) is 0 Å². The molecule has 2 aromatic rings.